The van der Waals surface area contributed by atoms with Crippen LogP contribution in [-0.4, -0.2) is 24.9 Å². The van der Waals surface area contributed by atoms with Crippen LogP contribution in [0.5, 0.6) is 0 Å². The zero-order valence-electron chi connectivity index (χ0n) is 27.1. The Morgan fingerprint density at radius 2 is 1.94 bits per heavy atom. The lowest BCUT2D eigenvalue weighted by molar-refractivity contribution is -0.135. The minimum atomic E-state index is -4.56. The van der Waals surface area contributed by atoms with Crippen molar-refractivity contribution >= 4 is 16.2 Å². The predicted octanol–water partition coefficient (Wildman–Crippen LogP) is 6.39. The average Bonchev–Trinajstić information content (AvgIpc) is 3.14. The molecule has 0 unspecified atom stereocenters. The van der Waals surface area contributed by atoms with Crippen LogP contribution in [0.25, 0.3) is 0 Å². The Morgan fingerprint density at radius 3 is 2.64 bits per heavy atom. The number of hydrogen-bond donors (Lipinski definition) is 1. The summed E-state index contributed by atoms with van der Waals surface area (Å²) in [4.78, 5) is 13.6. The highest BCUT2D eigenvalue weighted by atomic mass is 32.3. The van der Waals surface area contributed by atoms with Gasteiger partial charge in [-0.1, -0.05) is 59.3 Å². The number of allylic oxidation sites excluding steroid dienone is 1. The Morgan fingerprint density at radius 1 is 1.18 bits per heavy atom. The van der Waals surface area contributed by atoms with E-state index in [1.165, 1.54) is 0 Å². The summed E-state index contributed by atoms with van der Waals surface area (Å²) in [5.74, 6) is -1.58. The van der Waals surface area contributed by atoms with Crippen molar-refractivity contribution in [2.45, 2.75) is 105 Å². The molecule has 4 aliphatic rings. The van der Waals surface area contributed by atoms with Gasteiger partial charge in [-0.05, 0) is 91.4 Å². The minimum Gasteiger partial charge on any atom is -0.295 e. The van der Waals surface area contributed by atoms with Gasteiger partial charge in [0.2, 0.25) is 0 Å². The van der Waals surface area contributed by atoms with Crippen LogP contribution in [0.3, 0.4) is 0 Å². The standard InChI is InChI=1S/C27H44O5S/c1-17(2)7-6-8-18(3)21-9-10-22-25-23(12-14-27(21,22)5)26(4)13-11-20(32-33(29,30)31)15-19(26)16-24(25)28/h16-18,20-23,25H,6-15H2,1-5H3,(H,29,30,31)/t18-,20+,21-,22+,23+,25+,26+,27-/m1/s1/i1D3,2D3,17D. The second-order valence-corrected chi connectivity index (χ2v) is 12.7. The van der Waals surface area contributed by atoms with E-state index in [2.05, 4.69) is 20.8 Å². The molecule has 188 valence electrons. The van der Waals surface area contributed by atoms with Crippen LogP contribution in [0.2, 0.25) is 0 Å². The van der Waals surface area contributed by atoms with Crippen LogP contribution in [0.4, 0.5) is 0 Å². The molecule has 0 aromatic rings. The summed E-state index contributed by atoms with van der Waals surface area (Å²) in [5.41, 5.74) is 0.646. The third-order valence-corrected chi connectivity index (χ3v) is 10.5. The van der Waals surface area contributed by atoms with E-state index in [1.807, 2.05) is 0 Å². The fourth-order valence-electron chi connectivity index (χ4n) is 8.40. The van der Waals surface area contributed by atoms with Gasteiger partial charge in [-0.15, -0.1) is 0 Å². The summed E-state index contributed by atoms with van der Waals surface area (Å²) in [6, 6.07) is 0. The first kappa shape index (κ1) is 17.7. The van der Waals surface area contributed by atoms with Gasteiger partial charge in [0, 0.05) is 15.5 Å². The number of carbonyl (C=O) groups is 1. The molecule has 0 bridgehead atoms. The summed E-state index contributed by atoms with van der Waals surface area (Å²) in [6.45, 7) is 0.817. The topological polar surface area (TPSA) is 80.7 Å². The first-order valence-electron chi connectivity index (χ1n) is 16.0. The van der Waals surface area contributed by atoms with Crippen molar-refractivity contribution in [1.82, 2.24) is 0 Å². The second kappa shape index (κ2) is 9.05. The Balaban J connectivity index is 1.47. The van der Waals surface area contributed by atoms with E-state index >= 15 is 0 Å². The molecule has 0 amide bonds. The molecule has 0 saturated heterocycles. The summed E-state index contributed by atoms with van der Waals surface area (Å²) in [7, 11) is -4.56. The van der Waals surface area contributed by atoms with E-state index < -0.39 is 36.1 Å². The molecule has 0 radical (unpaired) electrons. The van der Waals surface area contributed by atoms with E-state index in [-0.39, 0.29) is 46.7 Å². The molecule has 0 heterocycles. The van der Waals surface area contributed by atoms with Gasteiger partial charge in [-0.3, -0.25) is 9.35 Å². The summed E-state index contributed by atoms with van der Waals surface area (Å²) in [5, 5.41) is 0. The highest BCUT2D eigenvalue weighted by Gasteiger charge is 2.61. The van der Waals surface area contributed by atoms with Gasteiger partial charge in [-0.25, -0.2) is 4.18 Å². The SMILES string of the molecule is [2H]C([2H])([2H])C([2H])(CCC[C@@H](C)[C@H]1CC[C@H]2[C@@H]3C(=O)C=C4C[C@@H](OS(=O)(=O)O)CC[C@]4(C)[C@H]3CC[C@]12C)C([2H])([2H])[2H]. The molecule has 6 heteroatoms. The molecule has 33 heavy (non-hydrogen) atoms. The summed E-state index contributed by atoms with van der Waals surface area (Å²) < 4.78 is 91.0. The normalized spacial score (nSPS) is 46.1. The minimum absolute atomic E-state index is 0.0602. The monoisotopic (exact) mass is 487 g/mol. The lowest BCUT2D eigenvalue weighted by Crippen LogP contribution is -2.53. The van der Waals surface area contributed by atoms with Crippen molar-refractivity contribution in [3.63, 3.8) is 0 Å². The maximum Gasteiger partial charge on any atom is 0.397 e. The van der Waals surface area contributed by atoms with E-state index in [0.717, 1.165) is 31.3 Å². The van der Waals surface area contributed by atoms with Crippen LogP contribution in [-0.2, 0) is 19.4 Å². The van der Waals surface area contributed by atoms with E-state index in [1.54, 1.807) is 6.08 Å². The fourth-order valence-corrected chi connectivity index (χ4v) is 8.91. The zero-order valence-corrected chi connectivity index (χ0v) is 20.9. The van der Waals surface area contributed by atoms with E-state index in [0.29, 0.717) is 38.0 Å². The van der Waals surface area contributed by atoms with Crippen LogP contribution in [0, 0.1) is 46.3 Å². The molecule has 1 N–H and O–H groups in total. The quantitative estimate of drug-likeness (QED) is 0.421. The predicted molar refractivity (Wildman–Crippen MR) is 130 cm³/mol. The number of fused-ring (bicyclic) bond motifs is 5. The summed E-state index contributed by atoms with van der Waals surface area (Å²) >= 11 is 0. The molecular formula is C27H44O5S. The van der Waals surface area contributed by atoms with Gasteiger partial charge in [0.1, 0.15) is 0 Å². The van der Waals surface area contributed by atoms with Crippen molar-refractivity contribution < 1.29 is 31.5 Å². The van der Waals surface area contributed by atoms with Crippen LogP contribution >= 0.6 is 0 Å². The molecule has 4 rings (SSSR count). The van der Waals surface area contributed by atoms with Gasteiger partial charge in [0.05, 0.1) is 6.10 Å². The van der Waals surface area contributed by atoms with Crippen LogP contribution < -0.4 is 0 Å². The molecule has 0 aromatic carbocycles. The molecule has 8 atom stereocenters. The van der Waals surface area contributed by atoms with Crippen molar-refractivity contribution in [2.75, 3.05) is 0 Å². The number of hydrogen-bond acceptors (Lipinski definition) is 4. The van der Waals surface area contributed by atoms with Crippen molar-refractivity contribution in [1.29, 1.82) is 0 Å². The molecule has 0 spiro atoms. The van der Waals surface area contributed by atoms with Gasteiger partial charge < -0.3 is 0 Å². The molecule has 0 aliphatic heterocycles. The highest BCUT2D eigenvalue weighted by molar-refractivity contribution is 7.80. The molecule has 5 nitrogen and oxygen atoms in total. The Kier molecular flexibility index (Phi) is 4.85. The molecule has 3 fully saturated rings. The third-order valence-electron chi connectivity index (χ3n) is 10.0. The molecular weight excluding hydrogens is 436 g/mol. The van der Waals surface area contributed by atoms with Crippen molar-refractivity contribution in [2.24, 2.45) is 46.3 Å². The van der Waals surface area contributed by atoms with Crippen molar-refractivity contribution in [3.8, 4) is 0 Å². The largest absolute Gasteiger partial charge is 0.397 e. The lowest BCUT2D eigenvalue weighted by Gasteiger charge is -2.57. The maximum atomic E-state index is 13.6. The second-order valence-electron chi connectivity index (χ2n) is 11.7. The lowest BCUT2D eigenvalue weighted by atomic mass is 9.46. The maximum absolute atomic E-state index is 13.6. The van der Waals surface area contributed by atoms with Crippen molar-refractivity contribution in [3.05, 3.63) is 11.6 Å². The highest BCUT2D eigenvalue weighted by Crippen LogP contribution is 2.66. The smallest absolute Gasteiger partial charge is 0.295 e. The van der Waals surface area contributed by atoms with Gasteiger partial charge in [0.15, 0.2) is 5.78 Å². The van der Waals surface area contributed by atoms with E-state index in [9.17, 15) is 13.2 Å². The van der Waals surface area contributed by atoms with Gasteiger partial charge in [0.25, 0.3) is 0 Å². The summed E-state index contributed by atoms with van der Waals surface area (Å²) in [6.07, 6.45) is 7.07. The Hall–Kier alpha value is -0.720. The van der Waals surface area contributed by atoms with Crippen LogP contribution in [0.15, 0.2) is 11.6 Å². The molecule has 3 saturated carbocycles. The van der Waals surface area contributed by atoms with Gasteiger partial charge in [-0.2, -0.15) is 8.42 Å². The number of ketones is 1. The third kappa shape index (κ3) is 4.73. The van der Waals surface area contributed by atoms with Crippen LogP contribution in [0.1, 0.15) is 108 Å². The molecule has 4 aliphatic carbocycles. The van der Waals surface area contributed by atoms with Gasteiger partial charge >= 0.3 is 10.4 Å². The zero-order chi connectivity index (χ0) is 30.1. The number of carbonyl (C=O) groups excluding carboxylic acids is 1. The fraction of sp³-hybridized carbons (Fsp3) is 0.889. The van der Waals surface area contributed by atoms with E-state index in [4.69, 9.17) is 18.3 Å². The first-order chi connectivity index (χ1) is 18.1. The Bertz CT molecular complexity index is 1120. The average molecular weight is 488 g/mol. The first-order valence-corrected chi connectivity index (χ1v) is 13.9. The number of rotatable bonds is 7. The Labute approximate surface area is 210 Å². The molecule has 0 aromatic heterocycles.